The number of carboxylic acids is 1. The molecular formula is C43H61FN2O3. The van der Waals surface area contributed by atoms with Gasteiger partial charge in [0.25, 0.3) is 0 Å². The number of nitrogens with zero attached hydrogens (tertiary/aromatic N) is 1. The molecule has 4 saturated carbocycles. The maximum atomic E-state index is 14.9. The van der Waals surface area contributed by atoms with E-state index in [4.69, 9.17) is 0 Å². The van der Waals surface area contributed by atoms with Crippen molar-refractivity contribution < 1.29 is 19.1 Å². The number of carbonyl (C=O) groups is 2. The molecule has 1 aliphatic heterocycles. The van der Waals surface area contributed by atoms with Gasteiger partial charge in [0.2, 0.25) is 5.91 Å². The maximum Gasteiger partial charge on any atom is 0.338 e. The van der Waals surface area contributed by atoms with E-state index in [2.05, 4.69) is 59.5 Å². The molecule has 49 heavy (non-hydrogen) atoms. The van der Waals surface area contributed by atoms with Crippen LogP contribution in [0, 0.1) is 62.5 Å². The number of allylic oxidation sites excluding steroid dienone is 3. The molecule has 1 amide bonds. The molecule has 5 fully saturated rings. The minimum atomic E-state index is -1.22. The number of rotatable bonds is 8. The van der Waals surface area contributed by atoms with Crippen LogP contribution in [0.3, 0.4) is 0 Å². The SMILES string of the molecule is C=C(C)[C@@H]1CC[C@]2(CNCCN3CCCC3=O)CC[C@]3(C)[C@H](CC[C@@H]4[C@@]5(C)CC=C(c6ccc(C(=O)O)c(F)c6)C(C)(C)[C@@H]5CC[C@]43C)[C@@H]12. The normalized spacial score (nSPS) is 41.0. The van der Waals surface area contributed by atoms with Gasteiger partial charge < -0.3 is 15.3 Å². The Labute approximate surface area is 294 Å². The van der Waals surface area contributed by atoms with Crippen molar-refractivity contribution in [3.8, 4) is 0 Å². The number of benzene rings is 1. The highest BCUT2D eigenvalue weighted by atomic mass is 19.1. The second-order valence-electron chi connectivity index (χ2n) is 18.8. The van der Waals surface area contributed by atoms with E-state index in [0.717, 1.165) is 44.6 Å². The Kier molecular flexibility index (Phi) is 8.60. The molecule has 1 heterocycles. The first-order valence-corrected chi connectivity index (χ1v) is 19.5. The number of hydrogen-bond acceptors (Lipinski definition) is 3. The first-order valence-electron chi connectivity index (χ1n) is 19.5. The van der Waals surface area contributed by atoms with Gasteiger partial charge in [-0.05, 0) is 151 Å². The Morgan fingerprint density at radius 2 is 1.80 bits per heavy atom. The van der Waals surface area contributed by atoms with Gasteiger partial charge >= 0.3 is 5.97 Å². The average molecular weight is 673 g/mol. The van der Waals surface area contributed by atoms with Gasteiger partial charge in [0.1, 0.15) is 5.82 Å². The largest absolute Gasteiger partial charge is 0.478 e. The van der Waals surface area contributed by atoms with Crippen LogP contribution in [0.25, 0.3) is 5.57 Å². The molecule has 0 bridgehead atoms. The number of hydrogen-bond donors (Lipinski definition) is 2. The third-order valence-corrected chi connectivity index (χ3v) is 16.5. The number of halogens is 1. The third kappa shape index (κ3) is 5.14. The van der Waals surface area contributed by atoms with Crippen molar-refractivity contribution in [3.63, 3.8) is 0 Å². The predicted octanol–water partition coefficient (Wildman–Crippen LogP) is 9.39. The van der Waals surface area contributed by atoms with Gasteiger partial charge in [-0.25, -0.2) is 9.18 Å². The zero-order chi connectivity index (χ0) is 35.1. The van der Waals surface area contributed by atoms with Crippen molar-refractivity contribution in [2.24, 2.45) is 56.7 Å². The Morgan fingerprint density at radius 1 is 1.02 bits per heavy atom. The number of amides is 1. The number of fused-ring (bicyclic) bond motifs is 7. The molecule has 0 radical (unpaired) electrons. The lowest BCUT2D eigenvalue weighted by Gasteiger charge is -2.72. The Morgan fingerprint density at radius 3 is 2.47 bits per heavy atom. The number of carbonyl (C=O) groups excluding carboxylic acids is 1. The molecule has 7 rings (SSSR count). The molecule has 6 heteroatoms. The van der Waals surface area contributed by atoms with Gasteiger partial charge in [0, 0.05) is 32.6 Å². The van der Waals surface area contributed by atoms with Gasteiger partial charge in [-0.15, -0.1) is 0 Å². The fourth-order valence-corrected chi connectivity index (χ4v) is 14.0. The summed E-state index contributed by atoms with van der Waals surface area (Å²) in [6, 6.07) is 4.70. The molecular weight excluding hydrogens is 611 g/mol. The van der Waals surface area contributed by atoms with Gasteiger partial charge in [0.05, 0.1) is 5.56 Å². The maximum absolute atomic E-state index is 14.9. The van der Waals surface area contributed by atoms with Gasteiger partial charge in [-0.1, -0.05) is 58.9 Å². The van der Waals surface area contributed by atoms with E-state index in [-0.39, 0.29) is 27.2 Å². The van der Waals surface area contributed by atoms with E-state index < -0.39 is 11.8 Å². The van der Waals surface area contributed by atoms with Crippen molar-refractivity contribution in [2.45, 2.75) is 112 Å². The molecule has 0 spiro atoms. The summed E-state index contributed by atoms with van der Waals surface area (Å²) in [5.74, 6) is 1.48. The van der Waals surface area contributed by atoms with Crippen LogP contribution >= 0.6 is 0 Å². The molecule has 1 aromatic rings. The van der Waals surface area contributed by atoms with Crippen LogP contribution in [0.5, 0.6) is 0 Å². The van der Waals surface area contributed by atoms with Crippen LogP contribution in [-0.2, 0) is 4.79 Å². The van der Waals surface area contributed by atoms with E-state index >= 15 is 0 Å². The summed E-state index contributed by atoms with van der Waals surface area (Å²) in [7, 11) is 0. The van der Waals surface area contributed by atoms with Gasteiger partial charge in [0.15, 0.2) is 0 Å². The molecule has 5 nitrogen and oxygen atoms in total. The minimum Gasteiger partial charge on any atom is -0.478 e. The summed E-state index contributed by atoms with van der Waals surface area (Å²) in [5.41, 5.74) is 3.95. The molecule has 2 N–H and O–H groups in total. The summed E-state index contributed by atoms with van der Waals surface area (Å²) in [5, 5.41) is 13.3. The fraction of sp³-hybridized carbons (Fsp3) is 0.721. The topological polar surface area (TPSA) is 69.6 Å². The second kappa shape index (κ2) is 12.1. The lowest BCUT2D eigenvalue weighted by Crippen LogP contribution is -2.65. The number of likely N-dealkylation sites (tertiary alicyclic amines) is 1. The number of carboxylic acid groups (broad SMARTS) is 1. The summed E-state index contributed by atoms with van der Waals surface area (Å²) in [6.07, 6.45) is 15.2. The van der Waals surface area contributed by atoms with E-state index in [1.807, 2.05) is 11.0 Å². The van der Waals surface area contributed by atoms with Crippen LogP contribution in [0.15, 0.2) is 36.4 Å². The van der Waals surface area contributed by atoms with Crippen molar-refractivity contribution in [1.82, 2.24) is 10.2 Å². The quantitative estimate of drug-likeness (QED) is 0.213. The molecule has 6 aliphatic rings. The monoisotopic (exact) mass is 672 g/mol. The first-order chi connectivity index (χ1) is 23.1. The molecule has 9 atom stereocenters. The van der Waals surface area contributed by atoms with E-state index in [9.17, 15) is 19.1 Å². The van der Waals surface area contributed by atoms with Crippen LogP contribution in [-0.4, -0.2) is 48.1 Å². The van der Waals surface area contributed by atoms with E-state index in [1.165, 1.54) is 74.6 Å². The highest BCUT2D eigenvalue weighted by Gasteiger charge is 2.70. The predicted molar refractivity (Wildman–Crippen MR) is 194 cm³/mol. The van der Waals surface area contributed by atoms with Gasteiger partial charge in [-0.2, -0.15) is 0 Å². The highest BCUT2D eigenvalue weighted by Crippen LogP contribution is 2.77. The number of aromatic carboxylic acids is 1. The summed E-state index contributed by atoms with van der Waals surface area (Å²) in [4.78, 5) is 25.8. The van der Waals surface area contributed by atoms with Crippen LogP contribution in [0.1, 0.15) is 128 Å². The zero-order valence-electron chi connectivity index (χ0n) is 31.1. The zero-order valence-corrected chi connectivity index (χ0v) is 31.1. The second-order valence-corrected chi connectivity index (χ2v) is 18.8. The van der Waals surface area contributed by atoms with Crippen LogP contribution < -0.4 is 5.32 Å². The van der Waals surface area contributed by atoms with E-state index in [1.54, 1.807) is 0 Å². The van der Waals surface area contributed by atoms with Crippen molar-refractivity contribution in [1.29, 1.82) is 0 Å². The lowest BCUT2D eigenvalue weighted by atomic mass is 9.32. The van der Waals surface area contributed by atoms with Crippen molar-refractivity contribution in [2.75, 3.05) is 26.2 Å². The Bertz CT molecular complexity index is 1570. The van der Waals surface area contributed by atoms with Gasteiger partial charge in [-0.3, -0.25) is 4.79 Å². The summed E-state index contributed by atoms with van der Waals surface area (Å²) >= 11 is 0. The lowest BCUT2D eigenvalue weighted by molar-refractivity contribution is -0.225. The first kappa shape index (κ1) is 35.0. The fourth-order valence-electron chi connectivity index (χ4n) is 14.0. The van der Waals surface area contributed by atoms with Crippen molar-refractivity contribution in [3.05, 3.63) is 53.4 Å². The Hall–Kier alpha value is -2.47. The third-order valence-electron chi connectivity index (χ3n) is 16.5. The van der Waals surface area contributed by atoms with Crippen molar-refractivity contribution >= 4 is 17.4 Å². The summed E-state index contributed by atoms with van der Waals surface area (Å²) < 4.78 is 14.9. The standard InChI is InChI=1S/C43H61FN2O3/c1-27(2)29-14-19-43(26-45-22-24-46-23-8-9-36(46)47)21-20-41(6)32(37(29)43)12-13-35-40(5)17-15-31(28-10-11-30(38(48)49)33(44)25-28)39(3,4)34(40)16-18-42(35,41)7/h10-11,15,25,29,32,34-35,37,45H,1,8-9,12-14,16-24,26H2,2-7H3,(H,48,49)/t29-,32+,34-,35+,37+,40-,41+,42+,43+/m0/s1. The molecule has 0 aromatic heterocycles. The molecule has 0 unspecified atom stereocenters. The molecule has 268 valence electrons. The molecule has 1 saturated heterocycles. The highest BCUT2D eigenvalue weighted by molar-refractivity contribution is 5.88. The minimum absolute atomic E-state index is 0.146. The molecule has 5 aliphatic carbocycles. The Balaban J connectivity index is 1.16. The smallest absolute Gasteiger partial charge is 0.338 e. The number of nitrogens with one attached hydrogen (secondary N) is 1. The summed E-state index contributed by atoms with van der Waals surface area (Å²) in [6.45, 7) is 23.2. The van der Waals surface area contributed by atoms with Crippen LogP contribution in [0.2, 0.25) is 0 Å². The van der Waals surface area contributed by atoms with E-state index in [0.29, 0.717) is 47.3 Å². The molecule has 1 aromatic carbocycles. The van der Waals surface area contributed by atoms with Crippen LogP contribution in [0.4, 0.5) is 4.39 Å². The average Bonchev–Trinajstić information content (AvgIpc) is 3.62.